The van der Waals surface area contributed by atoms with E-state index in [0.717, 1.165) is 28.2 Å². The number of pyridine rings is 1. The van der Waals surface area contributed by atoms with E-state index in [1.54, 1.807) is 25.7 Å². The molecule has 0 spiro atoms. The number of amides is 1. The van der Waals surface area contributed by atoms with Crippen molar-refractivity contribution in [3.05, 3.63) is 67.3 Å². The molecule has 3 aromatic heterocycles. The van der Waals surface area contributed by atoms with Gasteiger partial charge in [-0.15, -0.1) is 0 Å². The molecule has 0 bridgehead atoms. The van der Waals surface area contributed by atoms with Gasteiger partial charge in [-0.1, -0.05) is 0 Å². The van der Waals surface area contributed by atoms with Crippen LogP contribution < -0.4 is 10.1 Å². The summed E-state index contributed by atoms with van der Waals surface area (Å²) in [5, 5.41) is 16.9. The first-order chi connectivity index (χ1) is 17.6. The highest BCUT2D eigenvalue weighted by Crippen LogP contribution is 2.30. The number of hydrogen-bond donors (Lipinski definition) is 2. The Morgan fingerprint density at radius 3 is 2.72 bits per heavy atom. The Balaban J connectivity index is 1.31. The number of hydrogen-bond acceptors (Lipinski definition) is 8. The van der Waals surface area contributed by atoms with Gasteiger partial charge in [0.15, 0.2) is 0 Å². The van der Waals surface area contributed by atoms with Crippen LogP contribution >= 0.6 is 0 Å². The fourth-order valence-corrected chi connectivity index (χ4v) is 3.80. The summed E-state index contributed by atoms with van der Waals surface area (Å²) in [6, 6.07) is 13.1. The summed E-state index contributed by atoms with van der Waals surface area (Å²) in [7, 11) is 1.66. The first-order valence-electron chi connectivity index (χ1n) is 11.4. The Labute approximate surface area is 207 Å². The third-order valence-corrected chi connectivity index (χ3v) is 5.68. The number of nitrogens with one attached hydrogen (secondary N) is 1. The van der Waals surface area contributed by atoms with Crippen molar-refractivity contribution in [1.29, 1.82) is 0 Å². The standard InChI is InChI=1S/C25H25N7O4/c1-35-12-11-32-16-21(23(30-32)17-3-2-9-26-13-17)22-8-10-27-24(29-22)28-18-4-6-19(7-5-18)36-20-14-31(15-20)25(33)34/h2-10,13,16,20H,11-12,14-15H2,1H3,(H,33,34)(H,27,28,29). The van der Waals surface area contributed by atoms with Gasteiger partial charge in [-0.25, -0.2) is 14.8 Å². The Morgan fingerprint density at radius 1 is 1.17 bits per heavy atom. The average Bonchev–Trinajstić information content (AvgIpc) is 3.30. The monoisotopic (exact) mass is 487 g/mol. The Kier molecular flexibility index (Phi) is 6.72. The molecule has 1 aliphatic rings. The Morgan fingerprint density at radius 2 is 2.00 bits per heavy atom. The van der Waals surface area contributed by atoms with E-state index in [2.05, 4.69) is 15.3 Å². The van der Waals surface area contributed by atoms with Crippen LogP contribution in [-0.4, -0.2) is 73.7 Å². The van der Waals surface area contributed by atoms with Gasteiger partial charge in [0.05, 0.1) is 31.9 Å². The summed E-state index contributed by atoms with van der Waals surface area (Å²) in [4.78, 5) is 25.5. The zero-order valence-corrected chi connectivity index (χ0v) is 19.6. The molecule has 1 amide bonds. The molecule has 1 aromatic carbocycles. The van der Waals surface area contributed by atoms with Crippen LogP contribution in [0, 0.1) is 0 Å². The van der Waals surface area contributed by atoms with Gasteiger partial charge in [0, 0.05) is 48.7 Å². The van der Waals surface area contributed by atoms with Crippen LogP contribution in [-0.2, 0) is 11.3 Å². The number of carbonyl (C=O) groups is 1. The smallest absolute Gasteiger partial charge is 0.407 e. The fraction of sp³-hybridized carbons (Fsp3) is 0.240. The van der Waals surface area contributed by atoms with Crippen molar-refractivity contribution < 1.29 is 19.4 Å². The van der Waals surface area contributed by atoms with Crippen LogP contribution in [0.15, 0.2) is 67.3 Å². The van der Waals surface area contributed by atoms with Crippen LogP contribution in [0.4, 0.5) is 16.4 Å². The largest absolute Gasteiger partial charge is 0.487 e. The summed E-state index contributed by atoms with van der Waals surface area (Å²) >= 11 is 0. The highest BCUT2D eigenvalue weighted by Gasteiger charge is 2.32. The van der Waals surface area contributed by atoms with Crippen LogP contribution in [0.25, 0.3) is 22.5 Å². The van der Waals surface area contributed by atoms with E-state index < -0.39 is 6.09 Å². The maximum atomic E-state index is 10.9. The van der Waals surface area contributed by atoms with E-state index in [9.17, 15) is 4.79 Å². The molecule has 1 aliphatic heterocycles. The number of ether oxygens (including phenoxy) is 2. The lowest BCUT2D eigenvalue weighted by Crippen LogP contribution is -2.55. The molecular weight excluding hydrogens is 462 g/mol. The SMILES string of the molecule is COCCn1cc(-c2ccnc(Nc3ccc(OC4CN(C(=O)O)C4)cc3)n2)c(-c2cccnc2)n1. The van der Waals surface area contributed by atoms with Crippen LogP contribution in [0.3, 0.4) is 0 Å². The predicted molar refractivity (Wildman–Crippen MR) is 132 cm³/mol. The number of nitrogens with zero attached hydrogens (tertiary/aromatic N) is 6. The molecule has 0 atom stereocenters. The van der Waals surface area contributed by atoms with Crippen molar-refractivity contribution >= 4 is 17.7 Å². The maximum Gasteiger partial charge on any atom is 0.407 e. The van der Waals surface area contributed by atoms with Gasteiger partial charge in [0.2, 0.25) is 5.95 Å². The van der Waals surface area contributed by atoms with Gasteiger partial charge in [-0.2, -0.15) is 5.10 Å². The van der Waals surface area contributed by atoms with Crippen molar-refractivity contribution in [3.8, 4) is 28.3 Å². The number of anilines is 2. The second-order valence-electron chi connectivity index (χ2n) is 8.23. The lowest BCUT2D eigenvalue weighted by Gasteiger charge is -2.36. The first kappa shape index (κ1) is 23.2. The van der Waals surface area contributed by atoms with E-state index >= 15 is 0 Å². The van der Waals surface area contributed by atoms with Gasteiger partial charge in [-0.05, 0) is 42.5 Å². The molecule has 1 fully saturated rings. The van der Waals surface area contributed by atoms with Gasteiger partial charge < -0.3 is 24.8 Å². The molecule has 184 valence electrons. The molecule has 0 unspecified atom stereocenters. The van der Waals surface area contributed by atoms with Gasteiger partial charge >= 0.3 is 6.09 Å². The topological polar surface area (TPSA) is 128 Å². The Bertz CT molecular complexity index is 1320. The molecule has 1 saturated heterocycles. The summed E-state index contributed by atoms with van der Waals surface area (Å²) in [6.45, 7) is 1.91. The second kappa shape index (κ2) is 10.4. The van der Waals surface area contributed by atoms with Crippen molar-refractivity contribution in [2.45, 2.75) is 12.6 Å². The highest BCUT2D eigenvalue weighted by atomic mass is 16.5. The molecule has 11 nitrogen and oxygen atoms in total. The number of aromatic nitrogens is 5. The third kappa shape index (κ3) is 5.26. The number of rotatable bonds is 9. The maximum absolute atomic E-state index is 10.9. The zero-order chi connectivity index (χ0) is 24.9. The summed E-state index contributed by atoms with van der Waals surface area (Å²) in [6.07, 6.45) is 6.10. The van der Waals surface area contributed by atoms with Crippen LogP contribution in [0.2, 0.25) is 0 Å². The fourth-order valence-electron chi connectivity index (χ4n) is 3.80. The van der Waals surface area contributed by atoms with Crippen LogP contribution in [0.5, 0.6) is 5.75 Å². The van der Waals surface area contributed by atoms with Gasteiger partial charge in [-0.3, -0.25) is 9.67 Å². The van der Waals surface area contributed by atoms with Gasteiger partial charge in [0.1, 0.15) is 17.5 Å². The minimum absolute atomic E-state index is 0.126. The van der Waals surface area contributed by atoms with Crippen molar-refractivity contribution in [1.82, 2.24) is 29.6 Å². The molecule has 11 heteroatoms. The lowest BCUT2D eigenvalue weighted by atomic mass is 10.1. The van der Waals surface area contributed by atoms with E-state index in [1.165, 1.54) is 4.90 Å². The molecule has 0 saturated carbocycles. The van der Waals surface area contributed by atoms with E-state index in [0.29, 0.717) is 37.9 Å². The molecule has 5 rings (SSSR count). The number of benzene rings is 1. The average molecular weight is 488 g/mol. The normalized spacial score (nSPS) is 13.3. The molecule has 0 aliphatic carbocycles. The van der Waals surface area contributed by atoms with E-state index in [1.807, 2.05) is 53.3 Å². The molecule has 0 radical (unpaired) electrons. The molecule has 2 N–H and O–H groups in total. The highest BCUT2D eigenvalue weighted by molar-refractivity contribution is 5.78. The molecular formula is C25H25N7O4. The number of methoxy groups -OCH3 is 1. The van der Waals surface area contributed by atoms with E-state index in [4.69, 9.17) is 24.7 Å². The Hall–Kier alpha value is -4.51. The molecule has 36 heavy (non-hydrogen) atoms. The minimum atomic E-state index is -0.925. The first-order valence-corrected chi connectivity index (χ1v) is 11.4. The zero-order valence-electron chi connectivity index (χ0n) is 19.6. The lowest BCUT2D eigenvalue weighted by molar-refractivity contribution is 0.0252. The van der Waals surface area contributed by atoms with E-state index in [-0.39, 0.29) is 6.10 Å². The summed E-state index contributed by atoms with van der Waals surface area (Å²) in [5.74, 6) is 1.12. The number of carboxylic acid groups (broad SMARTS) is 1. The molecule has 4 aromatic rings. The van der Waals surface area contributed by atoms with Gasteiger partial charge in [0.25, 0.3) is 0 Å². The van der Waals surface area contributed by atoms with Crippen molar-refractivity contribution in [2.24, 2.45) is 0 Å². The summed E-state index contributed by atoms with van der Waals surface area (Å²) < 4.78 is 12.9. The van der Waals surface area contributed by atoms with Crippen molar-refractivity contribution in [2.75, 3.05) is 32.1 Å². The van der Waals surface area contributed by atoms with Crippen LogP contribution in [0.1, 0.15) is 0 Å². The van der Waals surface area contributed by atoms with Crippen molar-refractivity contribution in [3.63, 3.8) is 0 Å². The third-order valence-electron chi connectivity index (χ3n) is 5.68. The quantitative estimate of drug-likeness (QED) is 0.364. The summed E-state index contributed by atoms with van der Waals surface area (Å²) in [5.41, 5.74) is 4.06. The molecule has 4 heterocycles. The number of likely N-dealkylation sites (tertiary alicyclic amines) is 1. The minimum Gasteiger partial charge on any atom is -0.487 e. The predicted octanol–water partition coefficient (Wildman–Crippen LogP) is 3.53. The second-order valence-corrected chi connectivity index (χ2v) is 8.23.